The second-order valence-electron chi connectivity index (χ2n) is 6.36. The summed E-state index contributed by atoms with van der Waals surface area (Å²) in [6, 6.07) is 17.4. The van der Waals surface area contributed by atoms with Crippen LogP contribution in [0.1, 0.15) is 16.8 Å². The van der Waals surface area contributed by atoms with Gasteiger partial charge in [0.1, 0.15) is 4.21 Å². The van der Waals surface area contributed by atoms with Crippen molar-refractivity contribution in [3.63, 3.8) is 0 Å². The SMILES string of the molecule is O=C(NCCCS(=O)(=O)c1ccccc1)c1cccc(NS(=O)(=O)c2cccs2)c1. The van der Waals surface area contributed by atoms with Crippen LogP contribution in [0.3, 0.4) is 0 Å². The van der Waals surface area contributed by atoms with Gasteiger partial charge in [0.15, 0.2) is 9.84 Å². The van der Waals surface area contributed by atoms with Crippen molar-refractivity contribution in [2.24, 2.45) is 0 Å². The molecule has 0 atom stereocenters. The third-order valence-corrected chi connectivity index (χ3v) is 8.71. The van der Waals surface area contributed by atoms with E-state index >= 15 is 0 Å². The van der Waals surface area contributed by atoms with Gasteiger partial charge < -0.3 is 5.32 Å². The number of carbonyl (C=O) groups excluding carboxylic acids is 1. The zero-order valence-corrected chi connectivity index (χ0v) is 18.3. The van der Waals surface area contributed by atoms with Gasteiger partial charge in [-0.15, -0.1) is 11.3 Å². The monoisotopic (exact) mass is 464 g/mol. The van der Waals surface area contributed by atoms with Crippen molar-refractivity contribution in [2.75, 3.05) is 17.0 Å². The minimum Gasteiger partial charge on any atom is -0.352 e. The summed E-state index contributed by atoms with van der Waals surface area (Å²) in [7, 11) is -7.10. The lowest BCUT2D eigenvalue weighted by molar-refractivity contribution is 0.0953. The van der Waals surface area contributed by atoms with E-state index in [9.17, 15) is 21.6 Å². The van der Waals surface area contributed by atoms with E-state index in [1.165, 1.54) is 24.3 Å². The Labute approximate surface area is 179 Å². The molecule has 1 heterocycles. The van der Waals surface area contributed by atoms with E-state index in [2.05, 4.69) is 10.0 Å². The van der Waals surface area contributed by atoms with Crippen LogP contribution in [-0.2, 0) is 19.9 Å². The molecule has 30 heavy (non-hydrogen) atoms. The number of hydrogen-bond acceptors (Lipinski definition) is 6. The molecule has 7 nitrogen and oxygen atoms in total. The first-order chi connectivity index (χ1) is 14.3. The fraction of sp³-hybridized carbons (Fsp3) is 0.150. The summed E-state index contributed by atoms with van der Waals surface area (Å²) >= 11 is 1.09. The zero-order chi connectivity index (χ0) is 21.6. The smallest absolute Gasteiger partial charge is 0.271 e. The van der Waals surface area contributed by atoms with Gasteiger partial charge in [-0.25, -0.2) is 16.8 Å². The molecular formula is C20H20N2O5S3. The van der Waals surface area contributed by atoms with Crippen molar-refractivity contribution in [3.05, 3.63) is 77.7 Å². The molecule has 1 aromatic heterocycles. The quantitative estimate of drug-likeness (QED) is 0.473. The van der Waals surface area contributed by atoms with Gasteiger partial charge in [-0.1, -0.05) is 30.3 Å². The van der Waals surface area contributed by atoms with Gasteiger partial charge in [0.2, 0.25) is 0 Å². The predicted octanol–water partition coefficient (Wildman–Crippen LogP) is 3.14. The second-order valence-corrected chi connectivity index (χ2v) is 11.3. The highest BCUT2D eigenvalue weighted by Gasteiger charge is 2.16. The number of sulfonamides is 1. The van der Waals surface area contributed by atoms with Crippen LogP contribution in [-0.4, -0.2) is 35.0 Å². The lowest BCUT2D eigenvalue weighted by Gasteiger charge is -2.09. The Kier molecular flexibility index (Phi) is 6.91. The minimum absolute atomic E-state index is 0.0854. The van der Waals surface area contributed by atoms with E-state index in [1.807, 2.05) is 0 Å². The normalized spacial score (nSPS) is 11.7. The molecule has 0 aliphatic heterocycles. The van der Waals surface area contributed by atoms with Gasteiger partial charge in [-0.2, -0.15) is 0 Å². The lowest BCUT2D eigenvalue weighted by Crippen LogP contribution is -2.26. The number of nitrogens with one attached hydrogen (secondary N) is 2. The standard InChI is InChI=1S/C20H20N2O5S3/c23-20(21-12-6-14-29(24,25)18-9-2-1-3-10-18)16-7-4-8-17(15-16)22-30(26,27)19-11-5-13-28-19/h1-5,7-11,13,15,22H,6,12,14H2,(H,21,23). The van der Waals surface area contributed by atoms with Crippen molar-refractivity contribution in [3.8, 4) is 0 Å². The molecule has 10 heteroatoms. The van der Waals surface area contributed by atoms with Gasteiger partial charge in [0, 0.05) is 17.8 Å². The Hall–Kier alpha value is -2.69. The van der Waals surface area contributed by atoms with Crippen molar-refractivity contribution < 1.29 is 21.6 Å². The van der Waals surface area contributed by atoms with E-state index in [4.69, 9.17) is 0 Å². The molecule has 0 saturated carbocycles. The molecule has 0 saturated heterocycles. The summed E-state index contributed by atoms with van der Waals surface area (Å²) in [5.74, 6) is -0.498. The molecular weight excluding hydrogens is 444 g/mol. The molecule has 0 radical (unpaired) electrons. The van der Waals surface area contributed by atoms with Gasteiger partial charge >= 0.3 is 0 Å². The second kappa shape index (κ2) is 9.41. The first-order valence-electron chi connectivity index (χ1n) is 9.00. The summed E-state index contributed by atoms with van der Waals surface area (Å²) in [5.41, 5.74) is 0.537. The van der Waals surface area contributed by atoms with Gasteiger partial charge in [0.25, 0.3) is 15.9 Å². The average Bonchev–Trinajstić information content (AvgIpc) is 3.28. The van der Waals surface area contributed by atoms with Gasteiger partial charge in [-0.3, -0.25) is 9.52 Å². The Bertz CT molecular complexity index is 1210. The highest BCUT2D eigenvalue weighted by Crippen LogP contribution is 2.21. The van der Waals surface area contributed by atoms with Gasteiger partial charge in [0.05, 0.1) is 10.6 Å². The average molecular weight is 465 g/mol. The number of thiophene rings is 1. The Morgan fingerprint density at radius 3 is 2.37 bits per heavy atom. The first-order valence-corrected chi connectivity index (χ1v) is 13.0. The summed E-state index contributed by atoms with van der Waals surface area (Å²) in [6.07, 6.45) is 0.258. The highest BCUT2D eigenvalue weighted by atomic mass is 32.2. The molecule has 2 aromatic carbocycles. The summed E-state index contributed by atoms with van der Waals surface area (Å²) < 4.78 is 51.7. The van der Waals surface area contributed by atoms with E-state index in [0.717, 1.165) is 11.3 Å². The maximum Gasteiger partial charge on any atom is 0.271 e. The van der Waals surface area contributed by atoms with E-state index in [-0.39, 0.29) is 39.1 Å². The van der Waals surface area contributed by atoms with Crippen LogP contribution < -0.4 is 10.0 Å². The summed E-state index contributed by atoms with van der Waals surface area (Å²) in [5, 5.41) is 4.33. The van der Waals surface area contributed by atoms with Crippen molar-refractivity contribution >= 4 is 42.8 Å². The number of amides is 1. The van der Waals surface area contributed by atoms with Crippen LogP contribution >= 0.6 is 11.3 Å². The molecule has 3 aromatic rings. The number of benzene rings is 2. The molecule has 0 fully saturated rings. The molecule has 0 aliphatic rings. The minimum atomic E-state index is -3.71. The Morgan fingerprint density at radius 2 is 1.67 bits per heavy atom. The predicted molar refractivity (Wildman–Crippen MR) is 117 cm³/mol. The first kappa shape index (κ1) is 22.0. The number of rotatable bonds is 9. The van der Waals surface area contributed by atoms with Crippen LogP contribution in [0.15, 0.2) is 81.2 Å². The fourth-order valence-electron chi connectivity index (χ4n) is 2.66. The highest BCUT2D eigenvalue weighted by molar-refractivity contribution is 7.94. The molecule has 0 spiro atoms. The largest absolute Gasteiger partial charge is 0.352 e. The third-order valence-electron chi connectivity index (χ3n) is 4.11. The van der Waals surface area contributed by atoms with Crippen molar-refractivity contribution in [2.45, 2.75) is 15.5 Å². The maximum absolute atomic E-state index is 12.3. The Balaban J connectivity index is 1.55. The number of sulfone groups is 1. The number of hydrogen-bond donors (Lipinski definition) is 2. The van der Waals surface area contributed by atoms with Crippen LogP contribution in [0.5, 0.6) is 0 Å². The lowest BCUT2D eigenvalue weighted by atomic mass is 10.2. The topological polar surface area (TPSA) is 109 Å². The molecule has 0 unspecified atom stereocenters. The van der Waals surface area contributed by atoms with E-state index in [0.29, 0.717) is 0 Å². The number of anilines is 1. The van der Waals surface area contributed by atoms with Crippen LogP contribution in [0, 0.1) is 0 Å². The molecule has 2 N–H and O–H groups in total. The fourth-order valence-corrected chi connectivity index (χ4v) is 6.03. The van der Waals surface area contributed by atoms with Gasteiger partial charge in [-0.05, 0) is 48.2 Å². The third kappa shape index (κ3) is 5.68. The molecule has 158 valence electrons. The maximum atomic E-state index is 12.3. The Morgan fingerprint density at radius 1 is 0.900 bits per heavy atom. The molecule has 3 rings (SSSR count). The molecule has 1 amide bonds. The van der Waals surface area contributed by atoms with E-state index in [1.54, 1.807) is 47.8 Å². The summed E-state index contributed by atoms with van der Waals surface area (Å²) in [4.78, 5) is 12.6. The van der Waals surface area contributed by atoms with Crippen LogP contribution in [0.4, 0.5) is 5.69 Å². The number of carbonyl (C=O) groups is 1. The molecule has 0 aliphatic carbocycles. The van der Waals surface area contributed by atoms with E-state index < -0.39 is 25.8 Å². The van der Waals surface area contributed by atoms with Crippen molar-refractivity contribution in [1.29, 1.82) is 0 Å². The molecule has 0 bridgehead atoms. The zero-order valence-electron chi connectivity index (χ0n) is 15.8. The van der Waals surface area contributed by atoms with Crippen LogP contribution in [0.25, 0.3) is 0 Å². The van der Waals surface area contributed by atoms with Crippen molar-refractivity contribution in [1.82, 2.24) is 5.32 Å². The summed E-state index contributed by atoms with van der Waals surface area (Å²) in [6.45, 7) is 0.177. The van der Waals surface area contributed by atoms with Crippen LogP contribution in [0.2, 0.25) is 0 Å².